The van der Waals surface area contributed by atoms with Crippen LogP contribution in [-0.2, 0) is 6.42 Å². The van der Waals surface area contributed by atoms with Crippen molar-refractivity contribution in [2.24, 2.45) is 5.10 Å². The molecule has 3 aromatic rings. The fourth-order valence-corrected chi connectivity index (χ4v) is 3.47. The van der Waals surface area contributed by atoms with Crippen LogP contribution >= 0.6 is 11.3 Å². The summed E-state index contributed by atoms with van der Waals surface area (Å²) in [4.78, 5) is 25.7. The van der Waals surface area contributed by atoms with E-state index < -0.39 is 0 Å². The van der Waals surface area contributed by atoms with Crippen LogP contribution < -0.4 is 15.7 Å². The molecule has 0 atom stereocenters. The molecule has 0 saturated carbocycles. The molecule has 0 aliphatic heterocycles. The topological polar surface area (TPSA) is 88.5 Å². The number of aryl methyl sites for hydroxylation is 1. The van der Waals surface area contributed by atoms with E-state index >= 15 is 0 Å². The largest absolute Gasteiger partial charge is 0.497 e. The minimum absolute atomic E-state index is 0.208. The van der Waals surface area contributed by atoms with Crippen LogP contribution in [0.4, 0.5) is 0 Å². The van der Waals surface area contributed by atoms with Crippen molar-refractivity contribution in [2.75, 3.05) is 7.11 Å². The van der Waals surface area contributed by atoms with Crippen molar-refractivity contribution in [1.29, 1.82) is 0 Å². The summed E-state index contributed by atoms with van der Waals surface area (Å²) in [6, 6.07) is 10.7. The van der Waals surface area contributed by atoms with Crippen LogP contribution in [0.25, 0.3) is 5.69 Å². The number of hydrogen-bond acceptors (Lipinski definition) is 5. The van der Waals surface area contributed by atoms with Gasteiger partial charge in [0, 0.05) is 5.69 Å². The van der Waals surface area contributed by atoms with Gasteiger partial charge in [0.25, 0.3) is 11.5 Å². The van der Waals surface area contributed by atoms with Gasteiger partial charge in [-0.1, -0.05) is 19.4 Å². The number of hydrazone groups is 1. The number of carbonyl (C=O) groups excluding carboxylic acids is 1. The lowest BCUT2D eigenvalue weighted by molar-refractivity contribution is 0.0959. The first-order valence-corrected chi connectivity index (χ1v) is 9.80. The highest BCUT2D eigenvalue weighted by molar-refractivity contribution is 7.12. The smallest absolute Gasteiger partial charge is 0.281 e. The number of hydrogen-bond donors (Lipinski definition) is 2. The maximum absolute atomic E-state index is 13.0. The second-order valence-corrected chi connectivity index (χ2v) is 7.12. The first-order chi connectivity index (χ1) is 13.5. The van der Waals surface area contributed by atoms with Gasteiger partial charge in [0.1, 0.15) is 5.75 Å². The summed E-state index contributed by atoms with van der Waals surface area (Å²) in [6.45, 7) is 3.76. The summed E-state index contributed by atoms with van der Waals surface area (Å²) in [5.41, 5.74) is 4.74. The SMILES string of the molecule is CCCc1[nH]n(-c2ccc(OC)cc2)c(=O)c1C(C)=NNC(=O)c1cccs1. The number of ether oxygens (including phenoxy) is 1. The van der Waals surface area contributed by atoms with Crippen molar-refractivity contribution in [3.05, 3.63) is 68.3 Å². The summed E-state index contributed by atoms with van der Waals surface area (Å²) < 4.78 is 6.66. The number of thiophene rings is 1. The zero-order valence-electron chi connectivity index (χ0n) is 16.0. The highest BCUT2D eigenvalue weighted by Crippen LogP contribution is 2.15. The van der Waals surface area contributed by atoms with Gasteiger partial charge in [0.15, 0.2) is 0 Å². The Morgan fingerprint density at radius 1 is 1.29 bits per heavy atom. The van der Waals surface area contributed by atoms with E-state index in [-0.39, 0.29) is 11.5 Å². The molecule has 2 N–H and O–H groups in total. The molecule has 146 valence electrons. The molecule has 0 fully saturated rings. The van der Waals surface area contributed by atoms with Crippen molar-refractivity contribution >= 4 is 23.0 Å². The van der Waals surface area contributed by atoms with E-state index in [0.29, 0.717) is 34.0 Å². The van der Waals surface area contributed by atoms with Crippen molar-refractivity contribution in [3.63, 3.8) is 0 Å². The van der Waals surface area contributed by atoms with E-state index in [0.717, 1.165) is 12.1 Å². The number of benzene rings is 1. The van der Waals surface area contributed by atoms with Crippen LogP contribution in [0.15, 0.2) is 51.7 Å². The second kappa shape index (κ2) is 8.71. The lowest BCUT2D eigenvalue weighted by Gasteiger charge is -2.03. The van der Waals surface area contributed by atoms with Crippen LogP contribution in [0.1, 0.15) is 41.2 Å². The number of aromatic amines is 1. The van der Waals surface area contributed by atoms with Gasteiger partial charge in [0.2, 0.25) is 0 Å². The molecule has 0 saturated heterocycles. The molecular weight excluding hydrogens is 376 g/mol. The van der Waals surface area contributed by atoms with Crippen LogP contribution in [0.2, 0.25) is 0 Å². The first kappa shape index (κ1) is 19.6. The second-order valence-electron chi connectivity index (χ2n) is 6.17. The molecule has 2 heterocycles. The summed E-state index contributed by atoms with van der Waals surface area (Å²) in [6.07, 6.45) is 1.56. The number of H-pyrrole nitrogens is 1. The Morgan fingerprint density at radius 3 is 2.64 bits per heavy atom. The van der Waals surface area contributed by atoms with Crippen molar-refractivity contribution in [1.82, 2.24) is 15.2 Å². The van der Waals surface area contributed by atoms with E-state index in [4.69, 9.17) is 4.74 Å². The molecule has 0 unspecified atom stereocenters. The molecule has 1 amide bonds. The highest BCUT2D eigenvalue weighted by atomic mass is 32.1. The Hall–Kier alpha value is -3.13. The Balaban J connectivity index is 1.94. The number of rotatable bonds is 7. The van der Waals surface area contributed by atoms with Crippen LogP contribution in [0, 0.1) is 0 Å². The van der Waals surface area contributed by atoms with Crippen molar-refractivity contribution in [2.45, 2.75) is 26.7 Å². The van der Waals surface area contributed by atoms with Gasteiger partial charge in [-0.3, -0.25) is 14.7 Å². The standard InChI is InChI=1S/C20H22N4O3S/c1-4-6-16-18(13(2)21-22-19(25)17-7-5-12-28-17)20(26)24(23-16)14-8-10-15(27-3)11-9-14/h5,7-12,23H,4,6H2,1-3H3,(H,22,25). The number of methoxy groups -OCH3 is 1. The molecule has 0 radical (unpaired) electrons. The zero-order chi connectivity index (χ0) is 20.1. The normalized spacial score (nSPS) is 11.5. The molecule has 7 nitrogen and oxygen atoms in total. The van der Waals surface area contributed by atoms with Gasteiger partial charge < -0.3 is 4.74 Å². The Kier molecular flexibility index (Phi) is 6.10. The van der Waals surface area contributed by atoms with Gasteiger partial charge in [-0.2, -0.15) is 5.10 Å². The summed E-state index contributed by atoms with van der Waals surface area (Å²) >= 11 is 1.33. The summed E-state index contributed by atoms with van der Waals surface area (Å²) in [5.74, 6) is 0.420. The number of carbonyl (C=O) groups is 1. The third-order valence-electron chi connectivity index (χ3n) is 4.23. The molecule has 1 aromatic carbocycles. The first-order valence-electron chi connectivity index (χ1n) is 8.92. The van der Waals surface area contributed by atoms with Gasteiger partial charge in [-0.05, 0) is 49.1 Å². The zero-order valence-corrected chi connectivity index (χ0v) is 16.8. The van der Waals surface area contributed by atoms with Crippen molar-refractivity contribution in [3.8, 4) is 11.4 Å². The quantitative estimate of drug-likeness (QED) is 0.473. The van der Waals surface area contributed by atoms with E-state index in [1.165, 1.54) is 16.0 Å². The Bertz CT molecular complexity index is 1030. The van der Waals surface area contributed by atoms with E-state index in [2.05, 4.69) is 15.6 Å². The molecule has 0 bridgehead atoms. The predicted octanol–water partition coefficient (Wildman–Crippen LogP) is 3.34. The Labute approximate surface area is 166 Å². The third kappa shape index (κ3) is 4.07. The molecule has 0 spiro atoms. The average molecular weight is 398 g/mol. The maximum atomic E-state index is 13.0. The van der Waals surface area contributed by atoms with Gasteiger partial charge >= 0.3 is 0 Å². The van der Waals surface area contributed by atoms with Crippen LogP contribution in [0.5, 0.6) is 5.75 Å². The predicted molar refractivity (Wildman–Crippen MR) is 111 cm³/mol. The molecule has 8 heteroatoms. The van der Waals surface area contributed by atoms with E-state index in [1.807, 2.05) is 12.3 Å². The Morgan fingerprint density at radius 2 is 2.04 bits per heavy atom. The van der Waals surface area contributed by atoms with Gasteiger partial charge in [-0.15, -0.1) is 11.3 Å². The lowest BCUT2D eigenvalue weighted by atomic mass is 10.1. The summed E-state index contributed by atoms with van der Waals surface area (Å²) in [7, 11) is 1.59. The minimum atomic E-state index is -0.294. The maximum Gasteiger partial charge on any atom is 0.281 e. The van der Waals surface area contributed by atoms with Crippen LogP contribution in [-0.4, -0.2) is 28.5 Å². The molecular formula is C20H22N4O3S. The lowest BCUT2D eigenvalue weighted by Crippen LogP contribution is -2.23. The third-order valence-corrected chi connectivity index (χ3v) is 5.10. The number of nitrogens with one attached hydrogen (secondary N) is 2. The summed E-state index contributed by atoms with van der Waals surface area (Å²) in [5, 5.41) is 9.16. The van der Waals surface area contributed by atoms with Gasteiger partial charge in [0.05, 0.1) is 28.9 Å². The molecule has 28 heavy (non-hydrogen) atoms. The minimum Gasteiger partial charge on any atom is -0.497 e. The molecule has 0 aliphatic carbocycles. The fraction of sp³-hybridized carbons (Fsp3) is 0.250. The number of aromatic nitrogens is 2. The monoisotopic (exact) mass is 398 g/mol. The molecule has 3 rings (SSSR count). The highest BCUT2D eigenvalue weighted by Gasteiger charge is 2.18. The fourth-order valence-electron chi connectivity index (χ4n) is 2.85. The van der Waals surface area contributed by atoms with Crippen LogP contribution in [0.3, 0.4) is 0 Å². The van der Waals surface area contributed by atoms with E-state index in [1.54, 1.807) is 50.4 Å². The molecule has 0 aliphatic rings. The molecule has 2 aromatic heterocycles. The van der Waals surface area contributed by atoms with Crippen molar-refractivity contribution < 1.29 is 9.53 Å². The average Bonchev–Trinajstić information content (AvgIpc) is 3.35. The number of amides is 1. The van der Waals surface area contributed by atoms with Gasteiger partial charge in [-0.25, -0.2) is 10.1 Å². The number of nitrogens with zero attached hydrogens (tertiary/aromatic N) is 2. The van der Waals surface area contributed by atoms with E-state index in [9.17, 15) is 9.59 Å².